The average Bonchev–Trinajstić information content (AvgIpc) is 3.45. The lowest BCUT2D eigenvalue weighted by molar-refractivity contribution is 0.0469. The van der Waals surface area contributed by atoms with E-state index in [-0.39, 0.29) is 12.3 Å². The highest BCUT2D eigenvalue weighted by molar-refractivity contribution is 5.93. The number of H-pyrrole nitrogens is 1. The molecule has 208 valence electrons. The van der Waals surface area contributed by atoms with E-state index < -0.39 is 17.3 Å². The summed E-state index contributed by atoms with van der Waals surface area (Å²) in [5, 5.41) is 14.7. The largest absolute Gasteiger partial charge is 0.461 e. The maximum Gasteiger partial charge on any atom is 0.439 e. The van der Waals surface area contributed by atoms with E-state index in [0.717, 1.165) is 52.9 Å². The van der Waals surface area contributed by atoms with Crippen molar-refractivity contribution < 1.29 is 19.2 Å². The fraction of sp³-hybridized carbons (Fsp3) is 0.355. The van der Waals surface area contributed by atoms with Crippen LogP contribution in [0.2, 0.25) is 0 Å². The summed E-state index contributed by atoms with van der Waals surface area (Å²) >= 11 is 0. The number of aryl methyl sites for hydroxylation is 3. The van der Waals surface area contributed by atoms with Crippen molar-refractivity contribution in [2.24, 2.45) is 0 Å². The molecule has 2 aromatic carbocycles. The summed E-state index contributed by atoms with van der Waals surface area (Å²) in [5.41, 5.74) is 5.72. The summed E-state index contributed by atoms with van der Waals surface area (Å²) in [4.78, 5) is 32.1. The minimum absolute atomic E-state index is 0.226. The minimum Gasteiger partial charge on any atom is -0.461 e. The van der Waals surface area contributed by atoms with Gasteiger partial charge in [-0.3, -0.25) is 9.51 Å². The quantitative estimate of drug-likeness (QED) is 0.311. The first kappa shape index (κ1) is 27.3. The summed E-state index contributed by atoms with van der Waals surface area (Å²) in [5.74, 6) is -0.00457. The van der Waals surface area contributed by atoms with Gasteiger partial charge in [0, 0.05) is 13.0 Å². The van der Waals surface area contributed by atoms with Crippen LogP contribution in [0.25, 0.3) is 11.6 Å². The second-order valence-corrected chi connectivity index (χ2v) is 10.5. The molecule has 0 atom stereocenters. The van der Waals surface area contributed by atoms with Crippen molar-refractivity contribution in [1.82, 2.24) is 19.7 Å². The van der Waals surface area contributed by atoms with Gasteiger partial charge in [-0.2, -0.15) is 0 Å². The molecule has 40 heavy (non-hydrogen) atoms. The molecule has 4 aromatic rings. The Kier molecular flexibility index (Phi) is 7.58. The zero-order chi connectivity index (χ0) is 28.4. The summed E-state index contributed by atoms with van der Waals surface area (Å²) in [6.07, 6.45) is 5.01. The zero-order valence-corrected chi connectivity index (χ0v) is 23.3. The normalized spacial score (nSPS) is 14.1. The van der Waals surface area contributed by atoms with Crippen molar-refractivity contribution in [2.75, 3.05) is 6.61 Å². The minimum atomic E-state index is -1.31. The van der Waals surface area contributed by atoms with E-state index in [1.807, 2.05) is 28.8 Å². The maximum atomic E-state index is 13.1. The van der Waals surface area contributed by atoms with E-state index in [0.29, 0.717) is 24.5 Å². The van der Waals surface area contributed by atoms with E-state index in [2.05, 4.69) is 41.3 Å². The number of carbonyl (C=O) groups is 1. The number of imidazole rings is 1. The Balaban J connectivity index is 1.61. The van der Waals surface area contributed by atoms with Crippen molar-refractivity contribution in [3.8, 4) is 0 Å². The number of esters is 1. The monoisotopic (exact) mass is 542 g/mol. The van der Waals surface area contributed by atoms with Crippen LogP contribution in [-0.2, 0) is 36.1 Å². The smallest absolute Gasteiger partial charge is 0.439 e. The first-order valence-corrected chi connectivity index (χ1v) is 13.7. The topological polar surface area (TPSA) is 123 Å². The van der Waals surface area contributed by atoms with E-state index in [9.17, 15) is 14.7 Å². The highest BCUT2D eigenvalue weighted by atomic mass is 16.5. The van der Waals surface area contributed by atoms with E-state index in [1.54, 1.807) is 20.8 Å². The molecule has 0 saturated carbocycles. The number of nitrogens with zero attached hydrogens (tertiary/aromatic N) is 3. The number of hydrogen-bond donors (Lipinski definition) is 2. The number of hydrogen-bond acceptors (Lipinski definition) is 7. The molecule has 0 radical (unpaired) electrons. The molecule has 0 saturated heterocycles. The van der Waals surface area contributed by atoms with Crippen molar-refractivity contribution in [3.63, 3.8) is 0 Å². The SMILES string of the molecule is CCCc1nc(C(C)(C)O)c(C(=O)OCC)n1Cc1ccc2c(c1)CCc1ccccc1/C2=C/c1noc(=O)[nH]1. The second kappa shape index (κ2) is 11.1. The zero-order valence-electron chi connectivity index (χ0n) is 23.3. The van der Waals surface area contributed by atoms with Crippen LogP contribution >= 0.6 is 0 Å². The number of rotatable bonds is 8. The van der Waals surface area contributed by atoms with Crippen molar-refractivity contribution in [2.45, 2.75) is 65.5 Å². The van der Waals surface area contributed by atoms with E-state index >= 15 is 0 Å². The van der Waals surface area contributed by atoms with Gasteiger partial charge < -0.3 is 14.4 Å². The van der Waals surface area contributed by atoms with Crippen LogP contribution in [0.15, 0.2) is 51.8 Å². The van der Waals surface area contributed by atoms with Gasteiger partial charge in [0.05, 0.1) is 6.61 Å². The number of benzene rings is 2. The van der Waals surface area contributed by atoms with Gasteiger partial charge in [-0.25, -0.2) is 14.6 Å². The number of aromatic nitrogens is 4. The van der Waals surface area contributed by atoms with Crippen LogP contribution in [0, 0.1) is 0 Å². The third-order valence-electron chi connectivity index (χ3n) is 7.08. The Bertz CT molecular complexity index is 1630. The molecule has 0 spiro atoms. The maximum absolute atomic E-state index is 13.1. The number of fused-ring (bicyclic) bond motifs is 2. The van der Waals surface area contributed by atoms with Crippen LogP contribution in [0.1, 0.15) is 89.8 Å². The van der Waals surface area contributed by atoms with Gasteiger partial charge in [0.1, 0.15) is 17.1 Å². The molecular formula is C31H34N4O5. The Morgan fingerprint density at radius 2 is 1.90 bits per heavy atom. The highest BCUT2D eigenvalue weighted by Gasteiger charge is 2.32. The molecule has 0 aliphatic heterocycles. The number of nitrogens with one attached hydrogen (secondary N) is 1. The lowest BCUT2D eigenvalue weighted by atomic mass is 9.92. The van der Waals surface area contributed by atoms with E-state index in [1.165, 1.54) is 5.56 Å². The first-order valence-electron chi connectivity index (χ1n) is 13.7. The molecule has 9 nitrogen and oxygen atoms in total. The van der Waals surface area contributed by atoms with Gasteiger partial charge in [-0.05, 0) is 79.5 Å². The molecule has 2 N–H and O–H groups in total. The van der Waals surface area contributed by atoms with Gasteiger partial charge in [-0.1, -0.05) is 54.5 Å². The van der Waals surface area contributed by atoms with Gasteiger partial charge in [0.25, 0.3) is 0 Å². The molecule has 0 amide bonds. The van der Waals surface area contributed by atoms with Crippen molar-refractivity contribution in [1.29, 1.82) is 0 Å². The molecule has 0 unspecified atom stereocenters. The Labute approximate surface area is 232 Å². The molecule has 0 fully saturated rings. The third-order valence-corrected chi connectivity index (χ3v) is 7.08. The summed E-state index contributed by atoms with van der Waals surface area (Å²) in [7, 11) is 0. The van der Waals surface area contributed by atoms with Gasteiger partial charge >= 0.3 is 11.7 Å². The summed E-state index contributed by atoms with van der Waals surface area (Å²) < 4.78 is 12.0. The van der Waals surface area contributed by atoms with Crippen LogP contribution in [0.5, 0.6) is 0 Å². The molecule has 2 heterocycles. The summed E-state index contributed by atoms with van der Waals surface area (Å²) in [6.45, 7) is 7.72. The number of carbonyl (C=O) groups excluding carboxylic acids is 1. The van der Waals surface area contributed by atoms with Crippen LogP contribution in [0.3, 0.4) is 0 Å². The average molecular weight is 543 g/mol. The van der Waals surface area contributed by atoms with Gasteiger partial charge in [-0.15, -0.1) is 0 Å². The van der Waals surface area contributed by atoms with Crippen LogP contribution in [0.4, 0.5) is 0 Å². The van der Waals surface area contributed by atoms with Crippen LogP contribution in [-0.4, -0.2) is 37.4 Å². The number of aromatic amines is 1. The number of aliphatic hydroxyl groups is 1. The van der Waals surface area contributed by atoms with Gasteiger partial charge in [0.15, 0.2) is 11.5 Å². The second-order valence-electron chi connectivity index (χ2n) is 10.5. The predicted molar refractivity (Wildman–Crippen MR) is 151 cm³/mol. The van der Waals surface area contributed by atoms with Gasteiger partial charge in [0.2, 0.25) is 0 Å². The first-order chi connectivity index (χ1) is 19.2. The molecule has 1 aliphatic rings. The Morgan fingerprint density at radius 3 is 2.60 bits per heavy atom. The Morgan fingerprint density at radius 1 is 1.15 bits per heavy atom. The molecule has 0 bridgehead atoms. The fourth-order valence-electron chi connectivity index (χ4n) is 5.33. The lowest BCUT2D eigenvalue weighted by Crippen LogP contribution is -2.23. The molecule has 5 rings (SSSR count). The van der Waals surface area contributed by atoms with Crippen molar-refractivity contribution >= 4 is 17.6 Å². The third kappa shape index (κ3) is 5.42. The molecule has 9 heteroatoms. The standard InChI is InChI=1S/C31H34N4O5/c1-5-9-26-33-28(31(3,4)38)27(29(36)39-6-2)35(26)18-19-12-15-23-21(16-19)14-13-20-10-7-8-11-22(20)24(23)17-25-32-30(37)40-34-25/h7-8,10-12,15-17,38H,5-6,9,13-14,18H2,1-4H3,(H,32,34,37)/b24-17-. The summed E-state index contributed by atoms with van der Waals surface area (Å²) in [6, 6.07) is 14.5. The van der Waals surface area contributed by atoms with Crippen LogP contribution < -0.4 is 5.76 Å². The Hall–Kier alpha value is -4.24. The fourth-order valence-corrected chi connectivity index (χ4v) is 5.33. The highest BCUT2D eigenvalue weighted by Crippen LogP contribution is 2.35. The molecular weight excluding hydrogens is 508 g/mol. The predicted octanol–water partition coefficient (Wildman–Crippen LogP) is 4.65. The number of ether oxygens (including phenoxy) is 1. The van der Waals surface area contributed by atoms with E-state index in [4.69, 9.17) is 14.2 Å². The molecule has 1 aliphatic carbocycles. The molecule has 2 aromatic heterocycles. The lowest BCUT2D eigenvalue weighted by Gasteiger charge is -2.18. The van der Waals surface area contributed by atoms with Crippen molar-refractivity contribution in [3.05, 3.63) is 104 Å².